The molecule has 1 amide bonds. The van der Waals surface area contributed by atoms with E-state index in [0.29, 0.717) is 12.2 Å². The van der Waals surface area contributed by atoms with Crippen LogP contribution in [-0.2, 0) is 13.0 Å². The number of hydrogen-bond donors (Lipinski definition) is 1. The second kappa shape index (κ2) is 8.71. The van der Waals surface area contributed by atoms with Crippen molar-refractivity contribution in [1.82, 2.24) is 20.3 Å². The Morgan fingerprint density at radius 2 is 1.73 bits per heavy atom. The van der Waals surface area contributed by atoms with Crippen LogP contribution in [0.25, 0.3) is 0 Å². The van der Waals surface area contributed by atoms with E-state index in [9.17, 15) is 4.79 Å². The van der Waals surface area contributed by atoms with E-state index in [2.05, 4.69) is 25.2 Å². The van der Waals surface area contributed by atoms with Gasteiger partial charge in [0.1, 0.15) is 11.5 Å². The van der Waals surface area contributed by atoms with Gasteiger partial charge in [-0.25, -0.2) is 4.98 Å². The molecule has 0 spiro atoms. The van der Waals surface area contributed by atoms with Crippen LogP contribution in [0.1, 0.15) is 21.7 Å². The highest BCUT2D eigenvalue weighted by Crippen LogP contribution is 2.16. The summed E-state index contributed by atoms with van der Waals surface area (Å²) < 4.78 is 0. The zero-order valence-corrected chi connectivity index (χ0v) is 14.7. The molecule has 0 radical (unpaired) electrons. The number of hydrogen-bond acceptors (Lipinski definition) is 5. The molecule has 0 bridgehead atoms. The van der Waals surface area contributed by atoms with Gasteiger partial charge in [0.25, 0.3) is 5.91 Å². The molecule has 0 unspecified atom stereocenters. The minimum atomic E-state index is -0.198. The maximum absolute atomic E-state index is 12.2. The monoisotopic (exact) mass is 347 g/mol. The van der Waals surface area contributed by atoms with Gasteiger partial charge >= 0.3 is 0 Å². The second-order valence-corrected chi connectivity index (χ2v) is 5.88. The fraction of sp³-hybridized carbons (Fsp3) is 0.200. The number of aromatic nitrogens is 3. The number of anilines is 1. The van der Waals surface area contributed by atoms with Gasteiger partial charge in [0, 0.05) is 56.4 Å². The highest BCUT2D eigenvalue weighted by atomic mass is 16.1. The molecule has 26 heavy (non-hydrogen) atoms. The Labute approximate surface area is 153 Å². The normalized spacial score (nSPS) is 10.3. The highest BCUT2D eigenvalue weighted by Gasteiger charge is 2.11. The van der Waals surface area contributed by atoms with Crippen LogP contribution in [0.3, 0.4) is 0 Å². The Morgan fingerprint density at radius 1 is 0.962 bits per heavy atom. The minimum absolute atomic E-state index is 0.198. The molecule has 0 aliphatic heterocycles. The molecule has 6 nitrogen and oxygen atoms in total. The molecule has 0 aromatic carbocycles. The van der Waals surface area contributed by atoms with E-state index in [1.807, 2.05) is 37.4 Å². The molecule has 0 aliphatic carbocycles. The van der Waals surface area contributed by atoms with E-state index < -0.39 is 0 Å². The Hall–Kier alpha value is -3.28. The molecule has 1 N–H and O–H groups in total. The van der Waals surface area contributed by atoms with Crippen LogP contribution in [0.4, 0.5) is 5.82 Å². The number of likely N-dealkylation sites (N-methyl/N-ethyl adjacent to an activating group) is 1. The van der Waals surface area contributed by atoms with Crippen LogP contribution in [0, 0.1) is 0 Å². The first kappa shape index (κ1) is 17.5. The van der Waals surface area contributed by atoms with Crippen molar-refractivity contribution in [2.24, 2.45) is 0 Å². The van der Waals surface area contributed by atoms with Gasteiger partial charge < -0.3 is 10.2 Å². The lowest BCUT2D eigenvalue weighted by Gasteiger charge is -2.21. The Balaban J connectivity index is 1.63. The summed E-state index contributed by atoms with van der Waals surface area (Å²) in [6.07, 6.45) is 5.99. The molecule has 132 valence electrons. The van der Waals surface area contributed by atoms with Crippen LogP contribution in [0.5, 0.6) is 0 Å². The van der Waals surface area contributed by atoms with Crippen LogP contribution >= 0.6 is 0 Å². The highest BCUT2D eigenvalue weighted by molar-refractivity contribution is 5.92. The smallest absolute Gasteiger partial charge is 0.270 e. The molecule has 3 rings (SSSR count). The number of rotatable bonds is 7. The lowest BCUT2D eigenvalue weighted by molar-refractivity contribution is 0.0946. The van der Waals surface area contributed by atoms with Gasteiger partial charge in [0.05, 0.1) is 0 Å². The summed E-state index contributed by atoms with van der Waals surface area (Å²) in [4.78, 5) is 27.2. The van der Waals surface area contributed by atoms with Crippen molar-refractivity contribution in [3.63, 3.8) is 0 Å². The minimum Gasteiger partial charge on any atom is -0.359 e. The third-order valence-electron chi connectivity index (χ3n) is 4.00. The van der Waals surface area contributed by atoms with Crippen LogP contribution < -0.4 is 10.2 Å². The molecule has 3 aromatic rings. The summed E-state index contributed by atoms with van der Waals surface area (Å²) in [6.45, 7) is 1.18. The number of pyridine rings is 3. The third-order valence-corrected chi connectivity index (χ3v) is 4.00. The lowest BCUT2D eigenvalue weighted by atomic mass is 10.2. The van der Waals surface area contributed by atoms with Crippen molar-refractivity contribution >= 4 is 11.7 Å². The van der Waals surface area contributed by atoms with Crippen molar-refractivity contribution in [1.29, 1.82) is 0 Å². The summed E-state index contributed by atoms with van der Waals surface area (Å²) >= 11 is 0. The van der Waals surface area contributed by atoms with E-state index in [-0.39, 0.29) is 5.91 Å². The van der Waals surface area contributed by atoms with E-state index in [0.717, 1.165) is 30.0 Å². The molecule has 0 fully saturated rings. The number of carbonyl (C=O) groups is 1. The Kier molecular flexibility index (Phi) is 5.88. The number of nitrogens with one attached hydrogen (secondary N) is 1. The first-order valence-corrected chi connectivity index (χ1v) is 8.48. The number of nitrogens with zero attached hydrogens (tertiary/aromatic N) is 4. The lowest BCUT2D eigenvalue weighted by Crippen LogP contribution is -2.27. The third kappa shape index (κ3) is 4.63. The van der Waals surface area contributed by atoms with Crippen LogP contribution in [-0.4, -0.2) is 34.5 Å². The van der Waals surface area contributed by atoms with Crippen LogP contribution in [0.2, 0.25) is 0 Å². The molecule has 0 saturated heterocycles. The van der Waals surface area contributed by atoms with Crippen molar-refractivity contribution in [2.75, 3.05) is 18.5 Å². The first-order valence-electron chi connectivity index (χ1n) is 8.48. The summed E-state index contributed by atoms with van der Waals surface area (Å²) in [5, 5.41) is 2.90. The molecular weight excluding hydrogens is 326 g/mol. The zero-order valence-electron chi connectivity index (χ0n) is 14.7. The summed E-state index contributed by atoms with van der Waals surface area (Å²) in [5.74, 6) is 0.654. The molecule has 3 aromatic heterocycles. The predicted molar refractivity (Wildman–Crippen MR) is 101 cm³/mol. The number of carbonyl (C=O) groups excluding carboxylic acids is 1. The standard InChI is InChI=1S/C20H21N5O/c1-25(14-10-17-8-2-4-11-21-17)19-16(7-6-13-23-19)15-24-20(26)18-9-3-5-12-22-18/h2-9,11-13H,10,14-15H2,1H3,(H,24,26). The maximum atomic E-state index is 12.2. The molecule has 3 heterocycles. The summed E-state index contributed by atoms with van der Waals surface area (Å²) in [5.41, 5.74) is 2.40. The van der Waals surface area contributed by atoms with Gasteiger partial charge in [0.2, 0.25) is 0 Å². The van der Waals surface area contributed by atoms with Crippen molar-refractivity contribution in [3.8, 4) is 0 Å². The van der Waals surface area contributed by atoms with Gasteiger partial charge in [0.15, 0.2) is 0 Å². The van der Waals surface area contributed by atoms with E-state index in [4.69, 9.17) is 0 Å². The quantitative estimate of drug-likeness (QED) is 0.711. The summed E-state index contributed by atoms with van der Waals surface area (Å²) in [7, 11) is 2.00. The topological polar surface area (TPSA) is 71.0 Å². The average Bonchev–Trinajstić information content (AvgIpc) is 2.72. The average molecular weight is 347 g/mol. The molecule has 0 saturated carbocycles. The SMILES string of the molecule is CN(CCc1ccccn1)c1ncccc1CNC(=O)c1ccccn1. The van der Waals surface area contributed by atoms with Crippen molar-refractivity contribution < 1.29 is 4.79 Å². The zero-order chi connectivity index (χ0) is 18.2. The van der Waals surface area contributed by atoms with Crippen LogP contribution in [0.15, 0.2) is 67.1 Å². The first-order chi connectivity index (χ1) is 12.7. The van der Waals surface area contributed by atoms with Crippen molar-refractivity contribution in [2.45, 2.75) is 13.0 Å². The molecule has 0 aliphatic rings. The van der Waals surface area contributed by atoms with E-state index in [1.165, 1.54) is 0 Å². The largest absolute Gasteiger partial charge is 0.359 e. The van der Waals surface area contributed by atoms with Crippen molar-refractivity contribution in [3.05, 3.63) is 84.1 Å². The van der Waals surface area contributed by atoms with Gasteiger partial charge in [-0.05, 0) is 30.3 Å². The summed E-state index contributed by atoms with van der Waals surface area (Å²) in [6, 6.07) is 15.0. The van der Waals surface area contributed by atoms with Gasteiger partial charge in [-0.1, -0.05) is 18.2 Å². The Morgan fingerprint density at radius 3 is 2.46 bits per heavy atom. The van der Waals surface area contributed by atoms with E-state index in [1.54, 1.807) is 36.8 Å². The fourth-order valence-electron chi connectivity index (χ4n) is 2.61. The van der Waals surface area contributed by atoms with Gasteiger partial charge in [-0.3, -0.25) is 14.8 Å². The van der Waals surface area contributed by atoms with Gasteiger partial charge in [-0.15, -0.1) is 0 Å². The molecular formula is C20H21N5O. The predicted octanol–water partition coefficient (Wildman–Crippen LogP) is 2.48. The Bertz CT molecular complexity index is 839. The van der Waals surface area contributed by atoms with Gasteiger partial charge in [-0.2, -0.15) is 0 Å². The molecule has 0 atom stereocenters. The number of amides is 1. The second-order valence-electron chi connectivity index (χ2n) is 5.88. The fourth-order valence-corrected chi connectivity index (χ4v) is 2.61. The van der Waals surface area contributed by atoms with E-state index >= 15 is 0 Å². The maximum Gasteiger partial charge on any atom is 0.270 e. The molecule has 6 heteroatoms.